The van der Waals surface area contributed by atoms with Gasteiger partial charge in [0.2, 0.25) is 0 Å². The lowest BCUT2D eigenvalue weighted by Gasteiger charge is -2.25. The number of methoxy groups -OCH3 is 1. The second-order valence-corrected chi connectivity index (χ2v) is 10.7. The minimum absolute atomic E-state index is 0.0612. The van der Waals surface area contributed by atoms with Crippen molar-refractivity contribution in [3.05, 3.63) is 78.2 Å². The van der Waals surface area contributed by atoms with Gasteiger partial charge in [-0.3, -0.25) is 4.90 Å². The van der Waals surface area contributed by atoms with Crippen LogP contribution in [0.4, 0.5) is 16.2 Å². The third-order valence-corrected chi connectivity index (χ3v) is 6.94. The second kappa shape index (κ2) is 11.4. The van der Waals surface area contributed by atoms with E-state index in [-0.39, 0.29) is 11.4 Å². The van der Waals surface area contributed by atoms with Crippen molar-refractivity contribution < 1.29 is 14.3 Å². The summed E-state index contributed by atoms with van der Waals surface area (Å²) in [4.78, 5) is 24.8. The van der Waals surface area contributed by atoms with Crippen molar-refractivity contribution in [2.24, 2.45) is 0 Å². The smallest absolute Gasteiger partial charge is 0.323 e. The molecule has 2 amide bonds. The molecule has 39 heavy (non-hydrogen) atoms. The van der Waals surface area contributed by atoms with E-state index < -0.39 is 0 Å². The molecule has 4 aromatic rings. The molecule has 0 spiro atoms. The molecule has 0 atom stereocenters. The molecule has 202 valence electrons. The van der Waals surface area contributed by atoms with Gasteiger partial charge in [0.05, 0.1) is 43.9 Å². The van der Waals surface area contributed by atoms with Crippen molar-refractivity contribution in [3.8, 4) is 17.0 Å². The van der Waals surface area contributed by atoms with Gasteiger partial charge in [-0.05, 0) is 40.6 Å². The number of hydrogen-bond acceptors (Lipinski definition) is 6. The number of hydrogen-bond donors (Lipinski definition) is 2. The molecule has 2 N–H and O–H groups in total. The molecular weight excluding hydrogens is 490 g/mol. The van der Waals surface area contributed by atoms with Gasteiger partial charge in [-0.25, -0.2) is 14.8 Å². The molecule has 1 fully saturated rings. The van der Waals surface area contributed by atoms with E-state index in [2.05, 4.69) is 41.3 Å². The van der Waals surface area contributed by atoms with Crippen LogP contribution in [0.2, 0.25) is 0 Å². The minimum atomic E-state index is -0.341. The van der Waals surface area contributed by atoms with Gasteiger partial charge in [-0.1, -0.05) is 57.2 Å². The molecule has 1 aromatic heterocycles. The van der Waals surface area contributed by atoms with Gasteiger partial charge in [-0.2, -0.15) is 0 Å². The summed E-state index contributed by atoms with van der Waals surface area (Å²) in [6.45, 7) is 10.3. The SMILES string of the molecule is COc1ccc(C(C)(C)C)cc1NC(=O)Nc1ccc(-c2ccnc(CN3CCOCC3)n2)c2ccccc12. The summed E-state index contributed by atoms with van der Waals surface area (Å²) in [5, 5.41) is 7.92. The lowest BCUT2D eigenvalue weighted by atomic mass is 9.87. The molecule has 8 heteroatoms. The average Bonchev–Trinajstić information content (AvgIpc) is 2.93. The van der Waals surface area contributed by atoms with Gasteiger partial charge < -0.3 is 20.1 Å². The Kier molecular flexibility index (Phi) is 7.77. The van der Waals surface area contributed by atoms with Crippen LogP contribution in [0, 0.1) is 0 Å². The Balaban J connectivity index is 1.40. The summed E-state index contributed by atoms with van der Waals surface area (Å²) in [7, 11) is 1.60. The van der Waals surface area contributed by atoms with Crippen LogP contribution in [0.25, 0.3) is 22.0 Å². The predicted octanol–water partition coefficient (Wildman–Crippen LogP) is 6.08. The van der Waals surface area contributed by atoms with Gasteiger partial charge in [0.25, 0.3) is 0 Å². The van der Waals surface area contributed by atoms with Crippen molar-refractivity contribution in [1.82, 2.24) is 14.9 Å². The van der Waals surface area contributed by atoms with Gasteiger partial charge in [0.15, 0.2) is 0 Å². The molecule has 3 aromatic carbocycles. The number of ether oxygens (including phenoxy) is 2. The molecule has 1 aliphatic rings. The summed E-state index contributed by atoms with van der Waals surface area (Å²) >= 11 is 0. The maximum absolute atomic E-state index is 13.1. The fraction of sp³-hybridized carbons (Fsp3) is 0.323. The summed E-state index contributed by atoms with van der Waals surface area (Å²) < 4.78 is 11.0. The fourth-order valence-electron chi connectivity index (χ4n) is 4.76. The molecule has 2 heterocycles. The highest BCUT2D eigenvalue weighted by Crippen LogP contribution is 2.34. The number of aromatic nitrogens is 2. The van der Waals surface area contributed by atoms with Crippen molar-refractivity contribution >= 4 is 28.2 Å². The first-order valence-corrected chi connectivity index (χ1v) is 13.2. The van der Waals surface area contributed by atoms with Gasteiger partial charge in [-0.15, -0.1) is 0 Å². The van der Waals surface area contributed by atoms with E-state index in [4.69, 9.17) is 14.5 Å². The number of nitrogens with one attached hydrogen (secondary N) is 2. The normalized spacial score (nSPS) is 14.3. The first kappa shape index (κ1) is 26.6. The Morgan fingerprint density at radius 3 is 2.46 bits per heavy atom. The number of anilines is 2. The molecule has 1 saturated heterocycles. The number of nitrogens with zero attached hydrogens (tertiary/aromatic N) is 3. The van der Waals surface area contributed by atoms with Gasteiger partial charge in [0, 0.05) is 30.2 Å². The molecule has 0 bridgehead atoms. The van der Waals surface area contributed by atoms with Crippen molar-refractivity contribution in [3.63, 3.8) is 0 Å². The number of rotatable bonds is 6. The van der Waals surface area contributed by atoms with Crippen LogP contribution in [-0.2, 0) is 16.7 Å². The number of fused-ring (bicyclic) bond motifs is 1. The molecule has 8 nitrogen and oxygen atoms in total. The molecule has 1 aliphatic heterocycles. The van der Waals surface area contributed by atoms with E-state index in [0.29, 0.717) is 23.7 Å². The maximum atomic E-state index is 13.1. The lowest BCUT2D eigenvalue weighted by molar-refractivity contribution is 0.0331. The Morgan fingerprint density at radius 1 is 0.974 bits per heavy atom. The van der Waals surface area contributed by atoms with E-state index in [9.17, 15) is 4.79 Å². The molecule has 0 radical (unpaired) electrons. The number of amides is 2. The predicted molar refractivity (Wildman–Crippen MR) is 155 cm³/mol. The first-order valence-electron chi connectivity index (χ1n) is 13.2. The maximum Gasteiger partial charge on any atom is 0.323 e. The second-order valence-electron chi connectivity index (χ2n) is 10.7. The molecule has 0 saturated carbocycles. The van der Waals surface area contributed by atoms with E-state index in [1.54, 1.807) is 7.11 Å². The molecule has 0 aliphatic carbocycles. The van der Waals surface area contributed by atoms with Gasteiger partial charge in [0.1, 0.15) is 11.6 Å². The third-order valence-electron chi connectivity index (χ3n) is 6.94. The Hall–Kier alpha value is -4.01. The number of benzene rings is 3. The summed E-state index contributed by atoms with van der Waals surface area (Å²) in [6.07, 6.45) is 1.81. The number of carbonyl (C=O) groups is 1. The van der Waals surface area contributed by atoms with Crippen LogP contribution in [-0.4, -0.2) is 54.3 Å². The summed E-state index contributed by atoms with van der Waals surface area (Å²) in [5.74, 6) is 1.39. The highest BCUT2D eigenvalue weighted by molar-refractivity contribution is 6.09. The fourth-order valence-corrected chi connectivity index (χ4v) is 4.76. The van der Waals surface area contributed by atoms with E-state index >= 15 is 0 Å². The topological polar surface area (TPSA) is 88.6 Å². The minimum Gasteiger partial charge on any atom is -0.495 e. The monoisotopic (exact) mass is 525 g/mol. The van der Waals surface area contributed by atoms with E-state index in [1.807, 2.05) is 66.9 Å². The van der Waals surface area contributed by atoms with Crippen LogP contribution < -0.4 is 15.4 Å². The Morgan fingerprint density at radius 2 is 1.72 bits per heavy atom. The lowest BCUT2D eigenvalue weighted by Crippen LogP contribution is -2.36. The zero-order valence-corrected chi connectivity index (χ0v) is 23.0. The zero-order chi connectivity index (χ0) is 27.4. The highest BCUT2D eigenvalue weighted by Gasteiger charge is 2.18. The van der Waals surface area contributed by atoms with Crippen LogP contribution >= 0.6 is 0 Å². The zero-order valence-electron chi connectivity index (χ0n) is 23.0. The van der Waals surface area contributed by atoms with E-state index in [0.717, 1.165) is 59.7 Å². The van der Waals surface area contributed by atoms with Gasteiger partial charge >= 0.3 is 6.03 Å². The number of carbonyl (C=O) groups excluding carboxylic acids is 1. The van der Waals surface area contributed by atoms with Crippen molar-refractivity contribution in [2.45, 2.75) is 32.7 Å². The van der Waals surface area contributed by atoms with E-state index in [1.165, 1.54) is 0 Å². The summed E-state index contributed by atoms with van der Waals surface area (Å²) in [6, 6.07) is 19.4. The van der Waals surface area contributed by atoms with Crippen LogP contribution in [0.1, 0.15) is 32.2 Å². The Bertz CT molecular complexity index is 1480. The largest absolute Gasteiger partial charge is 0.495 e. The number of urea groups is 1. The van der Waals surface area contributed by atoms with Crippen LogP contribution in [0.15, 0.2) is 66.9 Å². The van der Waals surface area contributed by atoms with Crippen molar-refractivity contribution in [2.75, 3.05) is 44.0 Å². The Labute approximate surface area is 229 Å². The number of morpholine rings is 1. The molecule has 0 unspecified atom stereocenters. The summed E-state index contributed by atoms with van der Waals surface area (Å²) in [5.41, 5.74) is 4.21. The molecular formula is C31H35N5O3. The van der Waals surface area contributed by atoms with Crippen LogP contribution in [0.5, 0.6) is 5.75 Å². The first-order chi connectivity index (χ1) is 18.8. The van der Waals surface area contributed by atoms with Crippen LogP contribution in [0.3, 0.4) is 0 Å². The average molecular weight is 526 g/mol. The van der Waals surface area contributed by atoms with Crippen molar-refractivity contribution in [1.29, 1.82) is 0 Å². The standard InChI is InChI=1S/C31H35N5O3/c1-31(2,3)21-9-12-28(38-4)27(19-21)35-30(37)34-25-11-10-24(22-7-5-6-8-23(22)25)26-13-14-32-29(33-26)20-36-15-17-39-18-16-36/h5-14,19H,15-18,20H2,1-4H3,(H2,34,35,37). The third kappa shape index (κ3) is 6.19. The molecule has 5 rings (SSSR count). The highest BCUT2D eigenvalue weighted by atomic mass is 16.5. The quantitative estimate of drug-likeness (QED) is 0.317.